The number of carbonyl (C=O) groups is 1. The quantitative estimate of drug-likeness (QED) is 0.304. The second-order valence-corrected chi connectivity index (χ2v) is 9.54. The summed E-state index contributed by atoms with van der Waals surface area (Å²) in [6.07, 6.45) is 8.15. The minimum absolute atomic E-state index is 0.0442. The van der Waals surface area contributed by atoms with Crippen molar-refractivity contribution in [3.63, 3.8) is 0 Å². The number of anilines is 2. The Morgan fingerprint density at radius 3 is 2.68 bits per heavy atom. The number of nitrogens with two attached hydrogens (primary N) is 1. The Kier molecular flexibility index (Phi) is 6.30. The molecular formula is C25H31N7O2. The van der Waals surface area contributed by atoms with E-state index in [-0.39, 0.29) is 11.6 Å². The molecule has 0 radical (unpaired) electrons. The average molecular weight is 462 g/mol. The molecule has 0 atom stereocenters. The molecule has 4 rings (SSSR count). The van der Waals surface area contributed by atoms with Gasteiger partial charge in [-0.1, -0.05) is 26.8 Å². The predicted molar refractivity (Wildman–Crippen MR) is 135 cm³/mol. The van der Waals surface area contributed by atoms with Gasteiger partial charge in [0.2, 0.25) is 0 Å². The summed E-state index contributed by atoms with van der Waals surface area (Å²) in [5, 5.41) is 11.9. The molecule has 2 aromatic rings. The van der Waals surface area contributed by atoms with E-state index in [0.717, 1.165) is 41.3 Å². The molecule has 0 bridgehead atoms. The third kappa shape index (κ3) is 5.04. The highest BCUT2D eigenvalue weighted by Crippen LogP contribution is 2.28. The molecule has 0 saturated carbocycles. The van der Waals surface area contributed by atoms with Crippen molar-refractivity contribution in [2.45, 2.75) is 34.1 Å². The number of hydrogen-bond donors (Lipinski definition) is 4. The molecule has 1 fully saturated rings. The molecule has 1 aromatic carbocycles. The largest absolute Gasteiger partial charge is 0.512 e. The van der Waals surface area contributed by atoms with Crippen molar-refractivity contribution in [3.05, 3.63) is 71.4 Å². The van der Waals surface area contributed by atoms with Gasteiger partial charge >= 0.3 is 0 Å². The number of aliphatic imine (C=N–C) groups is 1. The van der Waals surface area contributed by atoms with Crippen LogP contribution in [0.25, 0.3) is 5.70 Å². The monoisotopic (exact) mass is 461 g/mol. The van der Waals surface area contributed by atoms with Crippen LogP contribution < -0.4 is 26.6 Å². The number of hydrazine groups is 2. The fourth-order valence-electron chi connectivity index (χ4n) is 3.49. The number of allylic oxidation sites excluding steroid dienone is 1. The third-order valence-electron chi connectivity index (χ3n) is 5.82. The number of benzene rings is 1. The van der Waals surface area contributed by atoms with Gasteiger partial charge in [0.15, 0.2) is 0 Å². The Morgan fingerprint density at radius 1 is 1.24 bits per heavy atom. The van der Waals surface area contributed by atoms with Gasteiger partial charge in [0.1, 0.15) is 11.6 Å². The average Bonchev–Trinajstić information content (AvgIpc) is 3.22. The summed E-state index contributed by atoms with van der Waals surface area (Å²) < 4.78 is 0. The van der Waals surface area contributed by atoms with Gasteiger partial charge in [-0.3, -0.25) is 14.8 Å². The van der Waals surface area contributed by atoms with Crippen LogP contribution >= 0.6 is 0 Å². The zero-order valence-electron chi connectivity index (χ0n) is 20.0. The van der Waals surface area contributed by atoms with Crippen LogP contribution in [0.5, 0.6) is 0 Å². The molecule has 1 aromatic heterocycles. The second-order valence-electron chi connectivity index (χ2n) is 9.54. The molecule has 34 heavy (non-hydrogen) atoms. The smallest absolute Gasteiger partial charge is 0.279 e. The lowest BCUT2D eigenvalue weighted by Crippen LogP contribution is -2.37. The van der Waals surface area contributed by atoms with Crippen LogP contribution in [0.4, 0.5) is 11.4 Å². The van der Waals surface area contributed by atoms with E-state index in [9.17, 15) is 9.90 Å². The first-order valence-electron chi connectivity index (χ1n) is 11.3. The van der Waals surface area contributed by atoms with Gasteiger partial charge in [-0.05, 0) is 37.1 Å². The topological polar surface area (TPSA) is 119 Å². The molecule has 0 spiro atoms. The molecule has 1 saturated heterocycles. The molecule has 2 aliphatic heterocycles. The number of nitrogens with zero attached hydrogens (tertiary/aromatic N) is 4. The van der Waals surface area contributed by atoms with Gasteiger partial charge < -0.3 is 21.2 Å². The highest BCUT2D eigenvalue weighted by atomic mass is 16.3. The summed E-state index contributed by atoms with van der Waals surface area (Å²) >= 11 is 0. The maximum absolute atomic E-state index is 12.7. The van der Waals surface area contributed by atoms with E-state index in [1.54, 1.807) is 12.1 Å². The molecule has 0 aliphatic carbocycles. The van der Waals surface area contributed by atoms with Gasteiger partial charge in [-0.25, -0.2) is 0 Å². The van der Waals surface area contributed by atoms with E-state index in [0.29, 0.717) is 5.56 Å². The van der Waals surface area contributed by atoms with E-state index >= 15 is 0 Å². The normalized spacial score (nSPS) is 16.8. The number of amides is 1. The van der Waals surface area contributed by atoms with Crippen LogP contribution in [0.2, 0.25) is 0 Å². The van der Waals surface area contributed by atoms with Crippen LogP contribution in [-0.2, 0) is 0 Å². The van der Waals surface area contributed by atoms with E-state index < -0.39 is 11.3 Å². The van der Waals surface area contributed by atoms with Crippen molar-refractivity contribution in [2.75, 3.05) is 23.0 Å². The standard InChI is InChI=1S/C25H31N7O2/c1-16-6-7-17(24(34)28-23(26)12-22(33)25(2,3)4)11-21(16)32-15-20(29-30-32)18-10-19(14-27-13-18)31-8-5-9-31/h6-7,10-15,29-30,33H,5,8-9H2,1-4H3,(H2,26,28,34)/b22-12-. The zero-order valence-corrected chi connectivity index (χ0v) is 20.0. The zero-order chi connectivity index (χ0) is 24.5. The number of aliphatic hydroxyl groups excluding tert-OH is 1. The Hall–Kier alpha value is -3.85. The number of aliphatic hydroxyl groups is 1. The lowest BCUT2D eigenvalue weighted by atomic mass is 9.93. The van der Waals surface area contributed by atoms with E-state index in [1.807, 2.05) is 57.4 Å². The van der Waals surface area contributed by atoms with Crippen molar-refractivity contribution in [1.29, 1.82) is 0 Å². The fourth-order valence-corrected chi connectivity index (χ4v) is 3.49. The number of aryl methyl sites for hydroxylation is 1. The van der Waals surface area contributed by atoms with Crippen molar-refractivity contribution in [3.8, 4) is 0 Å². The van der Waals surface area contributed by atoms with Crippen molar-refractivity contribution in [1.82, 2.24) is 15.9 Å². The Morgan fingerprint density at radius 2 is 2.00 bits per heavy atom. The van der Waals surface area contributed by atoms with Gasteiger partial charge in [-0.15, -0.1) is 5.53 Å². The lowest BCUT2D eigenvalue weighted by molar-refractivity contribution is 0.100. The fraction of sp³-hybridized carbons (Fsp3) is 0.320. The van der Waals surface area contributed by atoms with Crippen LogP contribution in [0.15, 0.2) is 59.7 Å². The van der Waals surface area contributed by atoms with E-state index in [4.69, 9.17) is 5.73 Å². The molecule has 0 unspecified atom stereocenters. The summed E-state index contributed by atoms with van der Waals surface area (Å²) in [6.45, 7) is 9.61. The molecule has 3 heterocycles. The van der Waals surface area contributed by atoms with E-state index in [1.165, 1.54) is 12.5 Å². The van der Waals surface area contributed by atoms with Crippen LogP contribution in [-0.4, -0.2) is 34.9 Å². The number of pyridine rings is 1. The van der Waals surface area contributed by atoms with Crippen molar-refractivity contribution >= 4 is 28.8 Å². The predicted octanol–water partition coefficient (Wildman–Crippen LogP) is 3.41. The number of nitrogens with one attached hydrogen (secondary N) is 2. The summed E-state index contributed by atoms with van der Waals surface area (Å²) in [6, 6.07) is 7.43. The van der Waals surface area contributed by atoms with Crippen molar-refractivity contribution in [2.24, 2.45) is 16.1 Å². The first kappa shape index (κ1) is 23.3. The van der Waals surface area contributed by atoms with Crippen LogP contribution in [0.3, 0.4) is 0 Å². The highest BCUT2D eigenvalue weighted by molar-refractivity contribution is 6.06. The van der Waals surface area contributed by atoms with Crippen LogP contribution in [0.1, 0.15) is 48.7 Å². The SMILES string of the molecule is Cc1ccc(C(=O)N=C(N)/C=C(\O)C(C)(C)C)cc1N1C=C(c2cncc(N3CCC3)c2)NN1. The second kappa shape index (κ2) is 9.18. The number of aromatic nitrogens is 1. The number of carbonyl (C=O) groups excluding carboxylic acids is 1. The number of rotatable bonds is 5. The maximum atomic E-state index is 12.7. The minimum atomic E-state index is -0.487. The maximum Gasteiger partial charge on any atom is 0.279 e. The number of amidine groups is 1. The van der Waals surface area contributed by atoms with Crippen LogP contribution in [0, 0.1) is 12.3 Å². The molecule has 9 nitrogen and oxygen atoms in total. The molecule has 9 heteroatoms. The van der Waals surface area contributed by atoms with Gasteiger partial charge in [-0.2, -0.15) is 4.99 Å². The van der Waals surface area contributed by atoms with Gasteiger partial charge in [0.05, 0.1) is 23.3 Å². The molecule has 1 amide bonds. The first-order chi connectivity index (χ1) is 16.1. The van der Waals surface area contributed by atoms with Crippen molar-refractivity contribution < 1.29 is 9.90 Å². The Bertz CT molecular complexity index is 1190. The minimum Gasteiger partial charge on any atom is -0.512 e. The van der Waals surface area contributed by atoms with E-state index in [2.05, 4.69) is 31.9 Å². The van der Waals surface area contributed by atoms with Gasteiger partial charge in [0.25, 0.3) is 5.91 Å². The third-order valence-corrected chi connectivity index (χ3v) is 5.82. The summed E-state index contributed by atoms with van der Waals surface area (Å²) in [4.78, 5) is 23.3. The van der Waals surface area contributed by atoms with Gasteiger partial charge in [0, 0.05) is 48.1 Å². The first-order valence-corrected chi connectivity index (χ1v) is 11.3. The molecule has 2 aliphatic rings. The highest BCUT2D eigenvalue weighted by Gasteiger charge is 2.21. The summed E-state index contributed by atoms with van der Waals surface area (Å²) in [7, 11) is 0. The lowest BCUT2D eigenvalue weighted by Gasteiger charge is -2.33. The molecule has 5 N–H and O–H groups in total. The Labute approximate surface area is 199 Å². The number of hydrogen-bond acceptors (Lipinski definition) is 7. The molecular weight excluding hydrogens is 430 g/mol. The summed E-state index contributed by atoms with van der Waals surface area (Å²) in [5.74, 6) is -0.472. The summed E-state index contributed by atoms with van der Waals surface area (Å²) in [5.41, 5.74) is 16.8. The Balaban J connectivity index is 1.55. The molecule has 178 valence electrons.